The van der Waals surface area contributed by atoms with Crippen LogP contribution in [0.5, 0.6) is 0 Å². The van der Waals surface area contributed by atoms with Crippen LogP contribution in [0.3, 0.4) is 0 Å². The normalized spacial score (nSPS) is 14.2. The average molecular weight is 253 g/mol. The number of nitrogens with one attached hydrogen (secondary N) is 2. The lowest BCUT2D eigenvalue weighted by Crippen LogP contribution is -2.35. The summed E-state index contributed by atoms with van der Waals surface area (Å²) < 4.78 is 0. The molecule has 0 spiro atoms. The number of hydrogen-bond donors (Lipinski definition) is 2. The highest BCUT2D eigenvalue weighted by molar-refractivity contribution is 6.31. The van der Waals surface area contributed by atoms with Crippen LogP contribution in [-0.2, 0) is 4.79 Å². The maximum atomic E-state index is 11.5. The Labute approximate surface area is 104 Å². The number of imide groups is 1. The molecule has 1 saturated carbocycles. The summed E-state index contributed by atoms with van der Waals surface area (Å²) in [5, 5.41) is 5.49. The number of urea groups is 1. The molecule has 3 amide bonds. The molecule has 90 valence electrons. The highest BCUT2D eigenvalue weighted by Crippen LogP contribution is 2.28. The molecule has 0 atom stereocenters. The maximum Gasteiger partial charge on any atom is 0.325 e. The first-order valence-corrected chi connectivity index (χ1v) is 5.82. The van der Waals surface area contributed by atoms with Gasteiger partial charge < -0.3 is 5.32 Å². The number of carbonyl (C=O) groups excluding carboxylic acids is 2. The van der Waals surface area contributed by atoms with Crippen molar-refractivity contribution in [2.24, 2.45) is 5.92 Å². The van der Waals surface area contributed by atoms with Crippen LogP contribution in [0, 0.1) is 12.8 Å². The Balaban J connectivity index is 1.97. The van der Waals surface area contributed by atoms with Crippen LogP contribution in [0.15, 0.2) is 18.2 Å². The molecule has 5 heteroatoms. The molecule has 0 aromatic heterocycles. The minimum atomic E-state index is -0.507. The zero-order valence-electron chi connectivity index (χ0n) is 9.42. The minimum absolute atomic E-state index is 0.0150. The van der Waals surface area contributed by atoms with Crippen molar-refractivity contribution in [1.82, 2.24) is 5.32 Å². The maximum absolute atomic E-state index is 11.5. The molecular formula is C12H13ClN2O2. The fourth-order valence-electron chi connectivity index (χ4n) is 1.46. The summed E-state index contributed by atoms with van der Waals surface area (Å²) in [6.45, 7) is 1.81. The Morgan fingerprint density at radius 2 is 2.06 bits per heavy atom. The van der Waals surface area contributed by atoms with Crippen LogP contribution in [0.1, 0.15) is 18.4 Å². The van der Waals surface area contributed by atoms with E-state index in [0.717, 1.165) is 18.4 Å². The summed E-state index contributed by atoms with van der Waals surface area (Å²) in [4.78, 5) is 22.9. The van der Waals surface area contributed by atoms with Crippen molar-refractivity contribution in [2.75, 3.05) is 5.32 Å². The van der Waals surface area contributed by atoms with Gasteiger partial charge in [0, 0.05) is 16.6 Å². The van der Waals surface area contributed by atoms with E-state index < -0.39 is 6.03 Å². The summed E-state index contributed by atoms with van der Waals surface area (Å²) in [7, 11) is 0. The van der Waals surface area contributed by atoms with Crippen LogP contribution >= 0.6 is 11.6 Å². The lowest BCUT2D eigenvalue weighted by molar-refractivity contribution is -0.121. The van der Waals surface area contributed by atoms with Gasteiger partial charge in [0.05, 0.1) is 0 Å². The largest absolute Gasteiger partial charge is 0.325 e. The highest BCUT2D eigenvalue weighted by Gasteiger charge is 2.30. The SMILES string of the molecule is Cc1c(Cl)cccc1NC(=O)NC(=O)C1CC1. The molecule has 0 radical (unpaired) electrons. The molecule has 0 aliphatic heterocycles. The molecule has 0 unspecified atom stereocenters. The standard InChI is InChI=1S/C12H13ClN2O2/c1-7-9(13)3-2-4-10(7)14-12(17)15-11(16)8-5-6-8/h2-4,8H,5-6H2,1H3,(H2,14,15,16,17). The van der Waals surface area contributed by atoms with Crippen LogP contribution < -0.4 is 10.6 Å². The van der Waals surface area contributed by atoms with Crippen LogP contribution in [-0.4, -0.2) is 11.9 Å². The molecule has 1 aliphatic carbocycles. The molecule has 0 saturated heterocycles. The monoisotopic (exact) mass is 252 g/mol. The second kappa shape index (κ2) is 4.75. The first-order chi connectivity index (χ1) is 8.08. The molecule has 1 fully saturated rings. The quantitative estimate of drug-likeness (QED) is 0.850. The van der Waals surface area contributed by atoms with Crippen molar-refractivity contribution in [3.63, 3.8) is 0 Å². The van der Waals surface area contributed by atoms with Gasteiger partial charge in [0.1, 0.15) is 0 Å². The van der Waals surface area contributed by atoms with Gasteiger partial charge in [0.2, 0.25) is 5.91 Å². The van der Waals surface area contributed by atoms with Gasteiger partial charge in [-0.05, 0) is 37.5 Å². The number of anilines is 1. The van der Waals surface area contributed by atoms with Crippen molar-refractivity contribution in [1.29, 1.82) is 0 Å². The second-order valence-corrected chi connectivity index (χ2v) is 4.54. The lowest BCUT2D eigenvalue weighted by atomic mass is 10.2. The van der Waals surface area contributed by atoms with E-state index in [-0.39, 0.29) is 11.8 Å². The molecule has 1 aromatic carbocycles. The summed E-state index contributed by atoms with van der Waals surface area (Å²) >= 11 is 5.92. The zero-order valence-corrected chi connectivity index (χ0v) is 10.2. The number of hydrogen-bond acceptors (Lipinski definition) is 2. The molecule has 4 nitrogen and oxygen atoms in total. The van der Waals surface area contributed by atoms with Gasteiger partial charge in [-0.1, -0.05) is 17.7 Å². The zero-order chi connectivity index (χ0) is 12.4. The van der Waals surface area contributed by atoms with E-state index in [4.69, 9.17) is 11.6 Å². The predicted octanol–water partition coefficient (Wildman–Crippen LogP) is 2.71. The van der Waals surface area contributed by atoms with Gasteiger partial charge in [-0.25, -0.2) is 4.79 Å². The van der Waals surface area contributed by atoms with Gasteiger partial charge in [-0.3, -0.25) is 10.1 Å². The van der Waals surface area contributed by atoms with E-state index in [1.54, 1.807) is 25.1 Å². The third-order valence-corrected chi connectivity index (χ3v) is 3.11. The Bertz CT molecular complexity index is 470. The fourth-order valence-corrected chi connectivity index (χ4v) is 1.63. The van der Waals surface area contributed by atoms with Crippen molar-refractivity contribution in [3.8, 4) is 0 Å². The lowest BCUT2D eigenvalue weighted by Gasteiger charge is -2.09. The van der Waals surface area contributed by atoms with Gasteiger partial charge in [0.25, 0.3) is 0 Å². The number of rotatable bonds is 2. The van der Waals surface area contributed by atoms with Crippen molar-refractivity contribution in [2.45, 2.75) is 19.8 Å². The first-order valence-electron chi connectivity index (χ1n) is 5.45. The molecule has 17 heavy (non-hydrogen) atoms. The van der Waals surface area contributed by atoms with Crippen LogP contribution in [0.2, 0.25) is 5.02 Å². The van der Waals surface area contributed by atoms with E-state index in [2.05, 4.69) is 10.6 Å². The summed E-state index contributed by atoms with van der Waals surface area (Å²) in [5.74, 6) is -0.191. The third-order valence-electron chi connectivity index (χ3n) is 2.70. The molecule has 2 rings (SSSR count). The van der Waals surface area contributed by atoms with Crippen LogP contribution in [0.4, 0.5) is 10.5 Å². The number of carbonyl (C=O) groups is 2. The number of halogens is 1. The number of amides is 3. The van der Waals surface area contributed by atoms with Gasteiger partial charge >= 0.3 is 6.03 Å². The first kappa shape index (κ1) is 11.9. The molecule has 1 aliphatic rings. The summed E-state index contributed by atoms with van der Waals surface area (Å²) in [6, 6.07) is 4.72. The topological polar surface area (TPSA) is 58.2 Å². The fraction of sp³-hybridized carbons (Fsp3) is 0.333. The van der Waals surface area contributed by atoms with E-state index >= 15 is 0 Å². The molecular weight excluding hydrogens is 240 g/mol. The van der Waals surface area contributed by atoms with Gasteiger partial charge in [-0.2, -0.15) is 0 Å². The van der Waals surface area contributed by atoms with Crippen LogP contribution in [0.25, 0.3) is 0 Å². The van der Waals surface area contributed by atoms with E-state index in [9.17, 15) is 9.59 Å². The smallest absolute Gasteiger partial charge is 0.307 e. The summed E-state index contributed by atoms with van der Waals surface area (Å²) in [6.07, 6.45) is 1.74. The number of benzene rings is 1. The Kier molecular flexibility index (Phi) is 3.33. The Hall–Kier alpha value is -1.55. The van der Waals surface area contributed by atoms with Crippen molar-refractivity contribution < 1.29 is 9.59 Å². The Morgan fingerprint density at radius 1 is 1.35 bits per heavy atom. The van der Waals surface area contributed by atoms with E-state index in [0.29, 0.717) is 10.7 Å². The average Bonchev–Trinajstić information content (AvgIpc) is 3.08. The summed E-state index contributed by atoms with van der Waals surface area (Å²) in [5.41, 5.74) is 1.39. The molecule has 0 heterocycles. The van der Waals surface area contributed by atoms with Gasteiger partial charge in [0.15, 0.2) is 0 Å². The Morgan fingerprint density at radius 3 is 2.71 bits per heavy atom. The van der Waals surface area contributed by atoms with Crippen molar-refractivity contribution in [3.05, 3.63) is 28.8 Å². The molecule has 0 bridgehead atoms. The van der Waals surface area contributed by atoms with Gasteiger partial charge in [-0.15, -0.1) is 0 Å². The highest BCUT2D eigenvalue weighted by atomic mass is 35.5. The van der Waals surface area contributed by atoms with Crippen molar-refractivity contribution >= 4 is 29.2 Å². The third kappa shape index (κ3) is 2.97. The second-order valence-electron chi connectivity index (χ2n) is 4.13. The molecule has 2 N–H and O–H groups in total. The minimum Gasteiger partial charge on any atom is -0.307 e. The van der Waals surface area contributed by atoms with E-state index in [1.165, 1.54) is 0 Å². The predicted molar refractivity (Wildman–Crippen MR) is 66.1 cm³/mol. The van der Waals surface area contributed by atoms with E-state index in [1.807, 2.05) is 0 Å². The molecule has 1 aromatic rings.